The van der Waals surface area contributed by atoms with E-state index in [4.69, 9.17) is 4.74 Å². The SMILES string of the molecule is COc1cc(C=C[C@H]2C3=CC[C@@H]4C(=O)N(c5ccc(C(C)=O)cc5)C(=O)[C@@H]4[C@@H]3CC3=C2C(=O)C=C(C)C3=O)ccc1O. The van der Waals surface area contributed by atoms with E-state index >= 15 is 0 Å². The lowest BCUT2D eigenvalue weighted by molar-refractivity contribution is -0.123. The molecule has 2 aromatic rings. The number of allylic oxidation sites excluding steroid dienone is 7. The van der Waals surface area contributed by atoms with Crippen LogP contribution in [0.3, 0.4) is 0 Å². The third-order valence-corrected chi connectivity index (χ3v) is 8.83. The van der Waals surface area contributed by atoms with Crippen molar-refractivity contribution in [1.82, 2.24) is 0 Å². The fourth-order valence-electron chi connectivity index (χ4n) is 6.76. The molecule has 1 fully saturated rings. The summed E-state index contributed by atoms with van der Waals surface area (Å²) < 4.78 is 5.22. The van der Waals surface area contributed by atoms with E-state index < -0.39 is 23.7 Å². The number of amides is 2. The number of carbonyl (C=O) groups is 5. The molecule has 0 bridgehead atoms. The molecular formula is C34H29NO7. The van der Waals surface area contributed by atoms with Gasteiger partial charge in [-0.15, -0.1) is 0 Å². The van der Waals surface area contributed by atoms with E-state index in [0.29, 0.717) is 40.1 Å². The molecule has 0 unspecified atom stereocenters. The van der Waals surface area contributed by atoms with Crippen molar-refractivity contribution < 1.29 is 33.8 Å². The summed E-state index contributed by atoms with van der Waals surface area (Å²) in [5, 5.41) is 9.99. The van der Waals surface area contributed by atoms with E-state index in [1.165, 1.54) is 31.1 Å². The lowest BCUT2D eigenvalue weighted by Gasteiger charge is -2.41. The van der Waals surface area contributed by atoms with Gasteiger partial charge in [0.2, 0.25) is 11.8 Å². The van der Waals surface area contributed by atoms with Gasteiger partial charge in [-0.3, -0.25) is 28.9 Å². The van der Waals surface area contributed by atoms with Crippen LogP contribution in [-0.4, -0.2) is 41.4 Å². The van der Waals surface area contributed by atoms with E-state index in [-0.39, 0.29) is 41.3 Å². The fourth-order valence-corrected chi connectivity index (χ4v) is 6.76. The Hall–Kier alpha value is -4.85. The molecule has 4 aliphatic rings. The molecule has 3 aliphatic carbocycles. The molecule has 8 heteroatoms. The molecule has 42 heavy (non-hydrogen) atoms. The summed E-state index contributed by atoms with van der Waals surface area (Å²) in [7, 11) is 1.45. The van der Waals surface area contributed by atoms with Crippen molar-refractivity contribution in [3.8, 4) is 11.5 Å². The van der Waals surface area contributed by atoms with Crippen LogP contribution in [0.25, 0.3) is 6.08 Å². The number of carbonyl (C=O) groups excluding carboxylic acids is 5. The number of nitrogens with zero attached hydrogens (tertiary/aromatic N) is 1. The van der Waals surface area contributed by atoms with Crippen molar-refractivity contribution in [3.63, 3.8) is 0 Å². The van der Waals surface area contributed by atoms with Crippen LogP contribution in [0.15, 0.2) is 83.0 Å². The zero-order valence-electron chi connectivity index (χ0n) is 23.4. The van der Waals surface area contributed by atoms with Gasteiger partial charge >= 0.3 is 0 Å². The number of benzene rings is 2. The highest BCUT2D eigenvalue weighted by Crippen LogP contribution is 2.53. The highest BCUT2D eigenvalue weighted by molar-refractivity contribution is 6.24. The molecule has 1 heterocycles. The minimum atomic E-state index is -0.683. The third kappa shape index (κ3) is 4.26. The molecule has 1 aliphatic heterocycles. The van der Waals surface area contributed by atoms with Crippen molar-refractivity contribution in [1.29, 1.82) is 0 Å². The predicted molar refractivity (Wildman–Crippen MR) is 155 cm³/mol. The largest absolute Gasteiger partial charge is 0.504 e. The Bertz CT molecular complexity index is 1710. The molecule has 1 saturated heterocycles. The second-order valence-electron chi connectivity index (χ2n) is 11.2. The summed E-state index contributed by atoms with van der Waals surface area (Å²) in [6.45, 7) is 3.06. The van der Waals surface area contributed by atoms with Crippen LogP contribution in [0.1, 0.15) is 42.6 Å². The summed E-state index contributed by atoms with van der Waals surface area (Å²) >= 11 is 0. The quantitative estimate of drug-likeness (QED) is 0.241. The summed E-state index contributed by atoms with van der Waals surface area (Å²) in [5.74, 6) is -3.19. The number of phenolic OH excluding ortho intramolecular Hbond substituents is 1. The van der Waals surface area contributed by atoms with Gasteiger partial charge in [-0.2, -0.15) is 0 Å². The third-order valence-electron chi connectivity index (χ3n) is 8.83. The minimum absolute atomic E-state index is 0.00280. The number of anilines is 1. The molecule has 8 nitrogen and oxygen atoms in total. The molecule has 6 rings (SSSR count). The van der Waals surface area contributed by atoms with Crippen LogP contribution in [0.4, 0.5) is 5.69 Å². The van der Waals surface area contributed by atoms with E-state index in [2.05, 4.69) is 0 Å². The summed E-state index contributed by atoms with van der Waals surface area (Å²) in [4.78, 5) is 67.2. The van der Waals surface area contributed by atoms with Crippen LogP contribution >= 0.6 is 0 Å². The number of phenols is 1. The van der Waals surface area contributed by atoms with E-state index in [1.54, 1.807) is 49.4 Å². The molecule has 0 radical (unpaired) electrons. The van der Waals surface area contributed by atoms with Crippen molar-refractivity contribution >= 4 is 40.9 Å². The number of ether oxygens (including phenoxy) is 1. The Labute approximate surface area is 242 Å². The minimum Gasteiger partial charge on any atom is -0.504 e. The number of aromatic hydroxyl groups is 1. The number of hydrogen-bond acceptors (Lipinski definition) is 7. The monoisotopic (exact) mass is 563 g/mol. The van der Waals surface area contributed by atoms with Gasteiger partial charge in [0.1, 0.15) is 0 Å². The van der Waals surface area contributed by atoms with Gasteiger partial charge in [0.05, 0.1) is 24.6 Å². The first-order valence-electron chi connectivity index (χ1n) is 13.8. The molecule has 2 aromatic carbocycles. The van der Waals surface area contributed by atoms with Crippen molar-refractivity contribution in [3.05, 3.63) is 94.1 Å². The normalized spacial score (nSPS) is 25.3. The second kappa shape index (κ2) is 10.2. The molecule has 0 saturated carbocycles. The van der Waals surface area contributed by atoms with Gasteiger partial charge in [0.15, 0.2) is 28.8 Å². The molecule has 1 N–H and O–H groups in total. The average Bonchev–Trinajstić information content (AvgIpc) is 3.24. The lowest BCUT2D eigenvalue weighted by Crippen LogP contribution is -2.40. The van der Waals surface area contributed by atoms with Gasteiger partial charge in [-0.05, 0) is 80.6 Å². The standard InChI is InChI=1S/C34H29NO7/c1-17-14-28(38)30-23(10-4-19-5-13-27(37)29(15-19)42-3)22-11-12-24-31(25(22)16-26(30)32(17)39)34(41)35(33(24)40)21-8-6-20(7-9-21)18(2)36/h4-11,13-15,23-25,31,37H,12,16H2,1-3H3/t23-,24-,25+,31-/m0/s1. The van der Waals surface area contributed by atoms with Crippen molar-refractivity contribution in [2.45, 2.75) is 26.7 Å². The van der Waals surface area contributed by atoms with Gasteiger partial charge in [-0.25, -0.2) is 0 Å². The summed E-state index contributed by atoms with van der Waals surface area (Å²) in [5.41, 5.74) is 3.61. The van der Waals surface area contributed by atoms with Gasteiger partial charge < -0.3 is 9.84 Å². The number of Topliss-reactive ketones (excluding diaryl/α,β-unsaturated/α-hetero) is 2. The van der Waals surface area contributed by atoms with E-state index in [9.17, 15) is 29.1 Å². The summed E-state index contributed by atoms with van der Waals surface area (Å²) in [6.07, 6.45) is 7.51. The van der Waals surface area contributed by atoms with Crippen LogP contribution < -0.4 is 9.64 Å². The van der Waals surface area contributed by atoms with Gasteiger partial charge in [0, 0.05) is 28.2 Å². The Morgan fingerprint density at radius 2 is 1.76 bits per heavy atom. The maximum absolute atomic E-state index is 14.0. The number of fused-ring (bicyclic) bond motifs is 3. The molecule has 2 amide bonds. The highest BCUT2D eigenvalue weighted by atomic mass is 16.5. The Morgan fingerprint density at radius 1 is 1.02 bits per heavy atom. The Balaban J connectivity index is 1.40. The molecule has 0 spiro atoms. The smallest absolute Gasteiger partial charge is 0.238 e. The van der Waals surface area contributed by atoms with E-state index in [0.717, 1.165) is 11.1 Å². The number of ketones is 3. The Kier molecular flexibility index (Phi) is 6.64. The maximum atomic E-state index is 14.0. The summed E-state index contributed by atoms with van der Waals surface area (Å²) in [6, 6.07) is 11.3. The Morgan fingerprint density at radius 3 is 2.45 bits per heavy atom. The number of hydrogen-bond donors (Lipinski definition) is 1. The number of imide groups is 1. The molecule has 212 valence electrons. The predicted octanol–water partition coefficient (Wildman–Crippen LogP) is 4.78. The van der Waals surface area contributed by atoms with Crippen LogP contribution in [0, 0.1) is 23.7 Å². The lowest BCUT2D eigenvalue weighted by atomic mass is 9.60. The van der Waals surface area contributed by atoms with Gasteiger partial charge in [-0.1, -0.05) is 29.9 Å². The van der Waals surface area contributed by atoms with Crippen LogP contribution in [0.2, 0.25) is 0 Å². The zero-order valence-corrected chi connectivity index (χ0v) is 23.4. The first-order chi connectivity index (χ1) is 20.1. The van der Waals surface area contributed by atoms with Crippen molar-refractivity contribution in [2.75, 3.05) is 12.0 Å². The first kappa shape index (κ1) is 27.3. The van der Waals surface area contributed by atoms with Crippen LogP contribution in [0.5, 0.6) is 11.5 Å². The second-order valence-corrected chi connectivity index (χ2v) is 11.2. The van der Waals surface area contributed by atoms with Gasteiger partial charge in [0.25, 0.3) is 0 Å². The first-order valence-corrected chi connectivity index (χ1v) is 13.8. The average molecular weight is 564 g/mol. The highest BCUT2D eigenvalue weighted by Gasteiger charge is 2.56. The van der Waals surface area contributed by atoms with Crippen molar-refractivity contribution in [2.24, 2.45) is 23.7 Å². The maximum Gasteiger partial charge on any atom is 0.238 e. The van der Waals surface area contributed by atoms with Crippen LogP contribution in [-0.2, 0) is 19.2 Å². The molecule has 4 atom stereocenters. The fraction of sp³-hybridized carbons (Fsp3) is 0.265. The number of methoxy groups -OCH3 is 1. The topological polar surface area (TPSA) is 118 Å². The van der Waals surface area contributed by atoms with E-state index in [1.807, 2.05) is 12.2 Å². The molecule has 0 aromatic heterocycles. The zero-order chi connectivity index (χ0) is 29.9. The molecular weight excluding hydrogens is 534 g/mol. The number of rotatable bonds is 5.